The van der Waals surface area contributed by atoms with Gasteiger partial charge in [0, 0.05) is 26.9 Å². The van der Waals surface area contributed by atoms with E-state index < -0.39 is 0 Å². The fourth-order valence-corrected chi connectivity index (χ4v) is 5.14. The summed E-state index contributed by atoms with van der Waals surface area (Å²) < 4.78 is 2.49. The maximum Gasteiger partial charge on any atom is 0.269 e. The van der Waals surface area contributed by atoms with Gasteiger partial charge in [0.2, 0.25) is 0 Å². The van der Waals surface area contributed by atoms with Gasteiger partial charge in [-0.05, 0) is 30.7 Å². The van der Waals surface area contributed by atoms with Crippen LogP contribution in [0.3, 0.4) is 0 Å². The van der Waals surface area contributed by atoms with Gasteiger partial charge in [-0.3, -0.25) is 9.36 Å². The van der Waals surface area contributed by atoms with Crippen molar-refractivity contribution in [1.29, 1.82) is 10.5 Å². The number of hydrogen-bond donors (Lipinski definition) is 0. The van der Waals surface area contributed by atoms with Crippen LogP contribution in [0.2, 0.25) is 5.02 Å². The third-order valence-corrected chi connectivity index (χ3v) is 6.65. The average Bonchev–Trinajstić information content (AvgIpc) is 3.27. The van der Waals surface area contributed by atoms with Gasteiger partial charge in [-0.1, -0.05) is 43.1 Å². The third-order valence-electron chi connectivity index (χ3n) is 4.12. The molecule has 0 aliphatic rings. The second-order valence-corrected chi connectivity index (χ2v) is 8.56. The minimum Gasteiger partial charge on any atom is -0.297 e. The summed E-state index contributed by atoms with van der Waals surface area (Å²) in [6.45, 7) is 2.53. The molecule has 0 saturated carbocycles. The molecule has 0 aliphatic heterocycles. The van der Waals surface area contributed by atoms with Crippen LogP contribution in [-0.4, -0.2) is 4.57 Å². The molecule has 0 N–H and O–H groups in total. The van der Waals surface area contributed by atoms with Gasteiger partial charge in [0.1, 0.15) is 16.8 Å². The number of thiophene rings is 1. The maximum absolute atomic E-state index is 12.9. The molecule has 3 rings (SSSR count). The van der Waals surface area contributed by atoms with Crippen LogP contribution in [0, 0.1) is 22.7 Å². The van der Waals surface area contributed by atoms with Crippen LogP contribution in [0.25, 0.3) is 22.1 Å². The fraction of sp³-hybridized carbons (Fsp3) is 0.190. The lowest BCUT2D eigenvalue weighted by molar-refractivity contribution is 0.609. The van der Waals surface area contributed by atoms with Gasteiger partial charge in [0.15, 0.2) is 5.57 Å². The van der Waals surface area contributed by atoms with Gasteiger partial charge in [-0.15, -0.1) is 22.7 Å². The standard InChI is InChI=1S/C21H16ClN3OS2/c1-2-3-10-25-20(26)19(28-21(25)14(12-23)13-24)11-15-8-9-18(27-15)16-6-4-5-7-17(16)22/h4-9,11H,2-3,10H2,1H3. The van der Waals surface area contributed by atoms with Gasteiger partial charge in [0.25, 0.3) is 5.56 Å². The number of nitriles is 2. The first-order valence-electron chi connectivity index (χ1n) is 8.69. The molecule has 7 heteroatoms. The highest BCUT2D eigenvalue weighted by Gasteiger charge is 2.10. The smallest absolute Gasteiger partial charge is 0.269 e. The largest absolute Gasteiger partial charge is 0.297 e. The van der Waals surface area contributed by atoms with E-state index in [9.17, 15) is 15.3 Å². The van der Waals surface area contributed by atoms with E-state index in [0.29, 0.717) is 20.8 Å². The summed E-state index contributed by atoms with van der Waals surface area (Å²) in [5, 5.41) is 19.2. The lowest BCUT2D eigenvalue weighted by Crippen LogP contribution is -2.32. The molecular formula is C21H16ClN3OS2. The highest BCUT2D eigenvalue weighted by Crippen LogP contribution is 2.33. The van der Waals surface area contributed by atoms with Crippen molar-refractivity contribution in [2.75, 3.05) is 0 Å². The molecule has 0 amide bonds. The van der Waals surface area contributed by atoms with Crippen LogP contribution in [0.15, 0.2) is 41.2 Å². The molecule has 0 aliphatic carbocycles. The van der Waals surface area contributed by atoms with Gasteiger partial charge < -0.3 is 0 Å². The molecule has 0 unspecified atom stereocenters. The van der Waals surface area contributed by atoms with E-state index >= 15 is 0 Å². The molecule has 0 bridgehead atoms. The van der Waals surface area contributed by atoms with Crippen molar-refractivity contribution >= 4 is 45.9 Å². The molecule has 0 spiro atoms. The molecule has 0 saturated heterocycles. The van der Waals surface area contributed by atoms with Crippen LogP contribution >= 0.6 is 34.3 Å². The molecule has 2 heterocycles. The predicted octanol–water partition coefficient (Wildman–Crippen LogP) is 4.12. The number of hydrogen-bond acceptors (Lipinski definition) is 5. The zero-order chi connectivity index (χ0) is 20.1. The summed E-state index contributed by atoms with van der Waals surface area (Å²) in [6.07, 6.45) is 3.54. The number of rotatable bonds is 5. The van der Waals surface area contributed by atoms with E-state index in [2.05, 4.69) is 0 Å². The Balaban J connectivity index is 2.13. The Hall–Kier alpha value is -2.64. The molecule has 1 aromatic carbocycles. The van der Waals surface area contributed by atoms with Crippen molar-refractivity contribution in [1.82, 2.24) is 4.57 Å². The first-order chi connectivity index (χ1) is 13.6. The Bertz CT molecular complexity index is 1250. The van der Waals surface area contributed by atoms with Crippen LogP contribution < -0.4 is 14.8 Å². The number of unbranched alkanes of at least 4 members (excludes halogenated alkanes) is 1. The minimum atomic E-state index is -0.163. The average molecular weight is 426 g/mol. The zero-order valence-electron chi connectivity index (χ0n) is 15.1. The van der Waals surface area contributed by atoms with Crippen LogP contribution in [0.4, 0.5) is 0 Å². The van der Waals surface area contributed by atoms with Crippen LogP contribution in [0.1, 0.15) is 24.6 Å². The minimum absolute atomic E-state index is 0.0270. The number of benzene rings is 1. The van der Waals surface area contributed by atoms with Crippen molar-refractivity contribution in [3.8, 4) is 22.6 Å². The van der Waals surface area contributed by atoms with Gasteiger partial charge in [-0.2, -0.15) is 10.5 Å². The van der Waals surface area contributed by atoms with E-state index in [1.165, 1.54) is 22.7 Å². The lowest BCUT2D eigenvalue weighted by atomic mass is 10.2. The Morgan fingerprint density at radius 1 is 1.18 bits per heavy atom. The molecule has 0 radical (unpaired) electrons. The Morgan fingerprint density at radius 2 is 1.93 bits per heavy atom. The predicted molar refractivity (Wildman–Crippen MR) is 116 cm³/mol. The van der Waals surface area contributed by atoms with Crippen molar-refractivity contribution in [2.45, 2.75) is 26.3 Å². The Morgan fingerprint density at radius 3 is 2.61 bits per heavy atom. The Labute approximate surface area is 175 Å². The summed E-state index contributed by atoms with van der Waals surface area (Å²) in [5.41, 5.74) is 0.760. The normalized spacial score (nSPS) is 11.2. The molecule has 4 nitrogen and oxygen atoms in total. The van der Waals surface area contributed by atoms with Gasteiger partial charge in [-0.25, -0.2) is 0 Å². The molecule has 2 aromatic heterocycles. The first kappa shape index (κ1) is 20.1. The van der Waals surface area contributed by atoms with Gasteiger partial charge >= 0.3 is 0 Å². The fourth-order valence-electron chi connectivity index (χ4n) is 2.71. The number of aromatic nitrogens is 1. The number of halogens is 1. The molecule has 28 heavy (non-hydrogen) atoms. The van der Waals surface area contributed by atoms with E-state index in [-0.39, 0.29) is 11.1 Å². The molecule has 140 valence electrons. The van der Waals surface area contributed by atoms with Crippen molar-refractivity contribution < 1.29 is 0 Å². The quantitative estimate of drug-likeness (QED) is 0.617. The Kier molecular flexibility index (Phi) is 6.49. The maximum atomic E-state index is 12.9. The number of thiazole rings is 1. The van der Waals surface area contributed by atoms with E-state index in [4.69, 9.17) is 11.6 Å². The molecular weight excluding hydrogens is 410 g/mol. The van der Waals surface area contributed by atoms with Crippen molar-refractivity contribution in [2.24, 2.45) is 0 Å². The second-order valence-electron chi connectivity index (χ2n) is 6.01. The van der Waals surface area contributed by atoms with Crippen molar-refractivity contribution in [3.05, 3.63) is 65.8 Å². The highest BCUT2D eigenvalue weighted by molar-refractivity contribution is 7.16. The van der Waals surface area contributed by atoms with Gasteiger partial charge in [0.05, 0.1) is 4.53 Å². The molecule has 0 atom stereocenters. The summed E-state index contributed by atoms with van der Waals surface area (Å²) in [5.74, 6) is 0. The summed E-state index contributed by atoms with van der Waals surface area (Å²) in [6, 6.07) is 15.3. The van der Waals surface area contributed by atoms with E-state index in [0.717, 1.165) is 28.2 Å². The lowest BCUT2D eigenvalue weighted by Gasteiger charge is -1.99. The van der Waals surface area contributed by atoms with E-state index in [1.807, 2.05) is 61.5 Å². The molecule has 0 fully saturated rings. The molecule has 3 aromatic rings. The zero-order valence-corrected chi connectivity index (χ0v) is 17.5. The van der Waals surface area contributed by atoms with Crippen LogP contribution in [0.5, 0.6) is 0 Å². The third kappa shape index (κ3) is 4.10. The summed E-state index contributed by atoms with van der Waals surface area (Å²) in [4.78, 5) is 14.8. The summed E-state index contributed by atoms with van der Waals surface area (Å²) in [7, 11) is 0. The topological polar surface area (TPSA) is 69.6 Å². The highest BCUT2D eigenvalue weighted by atomic mass is 35.5. The van der Waals surface area contributed by atoms with Crippen LogP contribution in [-0.2, 0) is 6.54 Å². The summed E-state index contributed by atoms with van der Waals surface area (Å²) >= 11 is 9.00. The van der Waals surface area contributed by atoms with Crippen molar-refractivity contribution in [3.63, 3.8) is 0 Å². The second kappa shape index (κ2) is 9.03. The van der Waals surface area contributed by atoms with E-state index in [1.54, 1.807) is 4.57 Å². The SMILES string of the molecule is CCCCn1c(=C(C#N)C#N)sc(=Cc2ccc(-c3ccccc3Cl)s2)c1=O. The number of nitrogens with zero attached hydrogens (tertiary/aromatic N) is 3. The monoisotopic (exact) mass is 425 g/mol. The first-order valence-corrected chi connectivity index (χ1v) is 10.7.